The minimum absolute atomic E-state index is 0.245. The van der Waals surface area contributed by atoms with Gasteiger partial charge in [-0.3, -0.25) is 9.52 Å². The van der Waals surface area contributed by atoms with Crippen LogP contribution in [0.4, 0.5) is 11.4 Å². The number of sulfonamides is 1. The van der Waals surface area contributed by atoms with Crippen LogP contribution >= 0.6 is 46.4 Å². The number of carbonyl (C=O) groups excluding carboxylic acids is 1. The maximum Gasteiger partial charge on any atom is 0.338 e. The maximum absolute atomic E-state index is 12.8. The molecule has 34 heavy (non-hydrogen) atoms. The Kier molecular flexibility index (Phi) is 7.84. The van der Waals surface area contributed by atoms with Gasteiger partial charge in [-0.15, -0.1) is 0 Å². The number of halogens is 4. The Morgan fingerprint density at radius 3 is 1.65 bits per heavy atom. The molecule has 0 saturated carbocycles. The van der Waals surface area contributed by atoms with Crippen LogP contribution in [0.25, 0.3) is 0 Å². The predicted molar refractivity (Wildman–Crippen MR) is 133 cm³/mol. The molecule has 0 fully saturated rings. The van der Waals surface area contributed by atoms with Gasteiger partial charge in [-0.25, -0.2) is 13.2 Å². The van der Waals surface area contributed by atoms with Gasteiger partial charge in [-0.1, -0.05) is 46.4 Å². The molecule has 0 aliphatic heterocycles. The van der Waals surface area contributed by atoms with Crippen molar-refractivity contribution in [3.05, 3.63) is 79.7 Å². The molecule has 0 aliphatic carbocycles. The van der Waals surface area contributed by atoms with Crippen LogP contribution in [0, 0.1) is 0 Å². The van der Waals surface area contributed by atoms with E-state index in [1.165, 1.54) is 24.3 Å². The average Bonchev–Trinajstić information content (AvgIpc) is 2.76. The van der Waals surface area contributed by atoms with Crippen molar-refractivity contribution in [1.82, 2.24) is 0 Å². The van der Waals surface area contributed by atoms with Crippen LogP contribution in [0.2, 0.25) is 20.1 Å². The van der Waals surface area contributed by atoms with E-state index in [0.717, 1.165) is 6.26 Å². The summed E-state index contributed by atoms with van der Waals surface area (Å²) >= 11 is 23.9. The van der Waals surface area contributed by atoms with Gasteiger partial charge in [-0.2, -0.15) is 0 Å². The Labute approximate surface area is 214 Å². The number of hydrogen-bond acceptors (Lipinski definition) is 5. The molecule has 0 bridgehead atoms. The van der Waals surface area contributed by atoms with E-state index in [2.05, 4.69) is 10.0 Å². The van der Waals surface area contributed by atoms with Gasteiger partial charge in [0.15, 0.2) is 0 Å². The Bertz CT molecular complexity index is 1380. The molecule has 0 saturated heterocycles. The lowest BCUT2D eigenvalue weighted by atomic mass is 10.1. The van der Waals surface area contributed by atoms with Crippen molar-refractivity contribution in [3.63, 3.8) is 0 Å². The van der Waals surface area contributed by atoms with Crippen LogP contribution < -0.4 is 14.8 Å². The lowest BCUT2D eigenvalue weighted by Crippen LogP contribution is -2.18. The van der Waals surface area contributed by atoms with E-state index in [1.54, 1.807) is 24.3 Å². The summed E-state index contributed by atoms with van der Waals surface area (Å²) in [6.45, 7) is 0. The zero-order valence-electron chi connectivity index (χ0n) is 17.0. The second-order valence-corrected chi connectivity index (χ2v) is 10.1. The third-order valence-electron chi connectivity index (χ3n) is 4.21. The molecule has 0 aliphatic rings. The van der Waals surface area contributed by atoms with Gasteiger partial charge in [0.25, 0.3) is 5.91 Å². The minimum Gasteiger partial charge on any atom is -0.478 e. The fourth-order valence-electron chi connectivity index (χ4n) is 2.79. The number of nitrogens with one attached hydrogen (secondary N) is 2. The van der Waals surface area contributed by atoms with E-state index >= 15 is 0 Å². The number of carboxylic acid groups (broad SMARTS) is 1. The van der Waals surface area contributed by atoms with Crippen LogP contribution in [0.5, 0.6) is 11.5 Å². The maximum atomic E-state index is 12.8. The molecule has 0 unspecified atom stereocenters. The summed E-state index contributed by atoms with van der Waals surface area (Å²) in [5.41, 5.74) is -0.321. The first-order chi connectivity index (χ1) is 15.9. The lowest BCUT2D eigenvalue weighted by Gasteiger charge is -2.14. The van der Waals surface area contributed by atoms with Crippen molar-refractivity contribution in [2.45, 2.75) is 0 Å². The van der Waals surface area contributed by atoms with Gasteiger partial charge in [0.1, 0.15) is 11.5 Å². The Morgan fingerprint density at radius 1 is 0.765 bits per heavy atom. The molecular formula is C21H14Cl4N2O6S. The third kappa shape index (κ3) is 6.05. The smallest absolute Gasteiger partial charge is 0.338 e. The fourth-order valence-corrected chi connectivity index (χ4v) is 4.37. The number of anilines is 2. The van der Waals surface area contributed by atoms with Crippen LogP contribution in [0.1, 0.15) is 20.7 Å². The predicted octanol–water partition coefficient (Wildman–Crippen LogP) is 6.41. The number of carboxylic acids is 1. The first-order valence-electron chi connectivity index (χ1n) is 9.13. The normalized spacial score (nSPS) is 11.1. The highest BCUT2D eigenvalue weighted by Gasteiger charge is 2.28. The molecule has 13 heteroatoms. The molecule has 0 spiro atoms. The Morgan fingerprint density at radius 2 is 1.21 bits per heavy atom. The fraction of sp³-hybridized carbons (Fsp3) is 0.0476. The number of ether oxygens (including phenoxy) is 1. The van der Waals surface area contributed by atoms with Crippen molar-refractivity contribution in [1.29, 1.82) is 0 Å². The van der Waals surface area contributed by atoms with E-state index < -0.39 is 38.0 Å². The van der Waals surface area contributed by atoms with Crippen molar-refractivity contribution in [3.8, 4) is 11.5 Å². The number of rotatable bonds is 7. The standard InChI is InChI=1S/C21H14Cl4N2O6S/c1-34(31,32)27-11-4-8-13(9-5-11)33-12-6-2-10(3-7-12)26-20(28)14-15(21(29)30)17(23)19(25)18(24)16(14)22/h2-9,27H,1H3,(H,26,28)(H,29,30). The molecular weight excluding hydrogens is 550 g/mol. The summed E-state index contributed by atoms with van der Waals surface area (Å²) in [5.74, 6) is -1.49. The number of aromatic carboxylic acids is 1. The molecule has 3 aromatic carbocycles. The van der Waals surface area contributed by atoms with Crippen molar-refractivity contribution in [2.24, 2.45) is 0 Å². The van der Waals surface area contributed by atoms with Crippen LogP contribution in [0.3, 0.4) is 0 Å². The van der Waals surface area contributed by atoms with E-state index in [9.17, 15) is 23.1 Å². The van der Waals surface area contributed by atoms with E-state index in [0.29, 0.717) is 22.9 Å². The first kappa shape index (κ1) is 25.9. The third-order valence-corrected chi connectivity index (χ3v) is 6.62. The molecule has 3 aromatic rings. The van der Waals surface area contributed by atoms with Crippen molar-refractivity contribution < 1.29 is 27.9 Å². The number of benzene rings is 3. The summed E-state index contributed by atoms with van der Waals surface area (Å²) in [7, 11) is -3.39. The van der Waals surface area contributed by atoms with Crippen LogP contribution in [-0.2, 0) is 10.0 Å². The summed E-state index contributed by atoms with van der Waals surface area (Å²) in [6, 6.07) is 12.4. The molecule has 0 atom stereocenters. The van der Waals surface area contributed by atoms with Gasteiger partial charge < -0.3 is 15.2 Å². The SMILES string of the molecule is CS(=O)(=O)Nc1ccc(Oc2ccc(NC(=O)c3c(Cl)c(Cl)c(Cl)c(Cl)c3C(=O)O)cc2)cc1. The van der Waals surface area contributed by atoms with Crippen molar-refractivity contribution in [2.75, 3.05) is 16.3 Å². The molecule has 0 aromatic heterocycles. The van der Waals surface area contributed by atoms with E-state index in [-0.39, 0.29) is 15.1 Å². The van der Waals surface area contributed by atoms with Crippen molar-refractivity contribution >= 4 is 79.7 Å². The zero-order chi connectivity index (χ0) is 25.2. The van der Waals surface area contributed by atoms with Gasteiger partial charge >= 0.3 is 5.97 Å². The molecule has 178 valence electrons. The van der Waals surface area contributed by atoms with Gasteiger partial charge in [0.05, 0.1) is 37.5 Å². The molecule has 8 nitrogen and oxygen atoms in total. The first-order valence-corrected chi connectivity index (χ1v) is 12.5. The molecule has 3 N–H and O–H groups in total. The molecule has 1 amide bonds. The van der Waals surface area contributed by atoms with E-state index in [1.807, 2.05) is 0 Å². The van der Waals surface area contributed by atoms with Gasteiger partial charge in [0.2, 0.25) is 10.0 Å². The Balaban J connectivity index is 1.77. The number of carbonyl (C=O) groups is 2. The monoisotopic (exact) mass is 562 g/mol. The van der Waals surface area contributed by atoms with E-state index in [4.69, 9.17) is 51.1 Å². The molecule has 0 heterocycles. The van der Waals surface area contributed by atoms with Crippen LogP contribution in [0.15, 0.2) is 48.5 Å². The quantitative estimate of drug-likeness (QED) is 0.225. The lowest BCUT2D eigenvalue weighted by molar-refractivity contribution is 0.0692. The molecule has 0 radical (unpaired) electrons. The topological polar surface area (TPSA) is 122 Å². The highest BCUT2D eigenvalue weighted by atomic mass is 35.5. The average molecular weight is 564 g/mol. The second kappa shape index (κ2) is 10.3. The highest BCUT2D eigenvalue weighted by molar-refractivity contribution is 7.92. The summed E-state index contributed by atoms with van der Waals surface area (Å²) in [4.78, 5) is 24.4. The summed E-state index contributed by atoms with van der Waals surface area (Å²) in [5, 5.41) is 10.7. The zero-order valence-corrected chi connectivity index (χ0v) is 20.9. The summed E-state index contributed by atoms with van der Waals surface area (Å²) < 4.78 is 30.6. The second-order valence-electron chi connectivity index (χ2n) is 6.79. The highest BCUT2D eigenvalue weighted by Crippen LogP contribution is 2.41. The largest absolute Gasteiger partial charge is 0.478 e. The Hall–Kier alpha value is -2.69. The molecule has 3 rings (SSSR count). The van der Waals surface area contributed by atoms with Gasteiger partial charge in [0, 0.05) is 11.4 Å². The number of hydrogen-bond donors (Lipinski definition) is 3. The van der Waals surface area contributed by atoms with Crippen LogP contribution in [-0.4, -0.2) is 31.7 Å². The van der Waals surface area contributed by atoms with Gasteiger partial charge in [-0.05, 0) is 48.5 Å². The minimum atomic E-state index is -3.39. The number of amides is 1. The summed E-state index contributed by atoms with van der Waals surface area (Å²) in [6.07, 6.45) is 1.05.